The Morgan fingerprint density at radius 2 is 0.382 bits per heavy atom. The van der Waals surface area contributed by atoms with E-state index in [1.54, 1.807) is 0 Å². The molecule has 0 aliphatic heterocycles. The summed E-state index contributed by atoms with van der Waals surface area (Å²) in [5, 5.41) is 0. The molecule has 4 saturated carbocycles. The molecule has 0 spiro atoms. The van der Waals surface area contributed by atoms with Gasteiger partial charge in [0.1, 0.15) is 0 Å². The van der Waals surface area contributed by atoms with Crippen molar-refractivity contribution < 1.29 is 74.6 Å². The first-order chi connectivity index (χ1) is 15.1. The fraction of sp³-hybridized carbons (Fsp3) is 0.250. The second-order valence-corrected chi connectivity index (χ2v) is 8.60. The van der Waals surface area contributed by atoms with Crippen LogP contribution in [0.25, 0.3) is 0 Å². The molecule has 2 heteroatoms. The largest absolute Gasteiger partial charge is 0.693 e. The van der Waals surface area contributed by atoms with Gasteiger partial charge in [-0.05, 0) is 139 Å². The average Bonchev–Trinajstić information content (AvgIpc) is 3.61. The summed E-state index contributed by atoms with van der Waals surface area (Å²) in [6, 6.07) is 0. The van der Waals surface area contributed by atoms with Crippen molar-refractivity contribution >= 4 is 0 Å². The summed E-state index contributed by atoms with van der Waals surface area (Å²) in [7, 11) is 0. The molecule has 0 aromatic heterocycles. The predicted octanol–water partition coefficient (Wildman–Crippen LogP) is 7.33. The van der Waals surface area contributed by atoms with E-state index in [4.69, 9.17) is 12.8 Å². The zero-order valence-electron chi connectivity index (χ0n) is 21.1. The zero-order chi connectivity index (χ0) is 24.6. The molecule has 0 N–H and O–H groups in total. The molecule has 20 radical (unpaired) electrons. The second kappa shape index (κ2) is 30.8. The van der Waals surface area contributed by atoms with Crippen molar-refractivity contribution in [1.82, 2.24) is 0 Å². The zero-order valence-corrected chi connectivity index (χ0v) is 24.8. The number of rotatable bonds is 0. The van der Waals surface area contributed by atoms with Gasteiger partial charge < -0.3 is 24.7 Å². The van der Waals surface area contributed by atoms with Gasteiger partial charge in [-0.15, -0.1) is 0 Å². The molecule has 4 aliphatic carbocycles. The van der Waals surface area contributed by atoms with E-state index in [1.165, 1.54) is 0 Å². The van der Waals surface area contributed by atoms with E-state index in [-0.39, 0.29) is 85.4 Å². The Morgan fingerprint density at radius 3 is 0.412 bits per heavy atom. The maximum absolute atomic E-state index is 6.60. The van der Waals surface area contributed by atoms with E-state index in [0.717, 1.165) is 0 Å². The van der Waals surface area contributed by atoms with Crippen molar-refractivity contribution in [2.75, 3.05) is 0 Å². The van der Waals surface area contributed by atoms with Gasteiger partial charge in [-0.25, -0.2) is 0 Å². The van der Waals surface area contributed by atoms with Crippen molar-refractivity contribution in [2.24, 2.45) is 10.8 Å². The van der Waals surface area contributed by atoms with Crippen molar-refractivity contribution in [3.05, 3.63) is 141 Å². The monoisotopic (exact) mass is 754 g/mol. The molecular weight excluding hydrogens is 719 g/mol. The van der Waals surface area contributed by atoms with Crippen molar-refractivity contribution in [1.29, 1.82) is 0 Å². The van der Waals surface area contributed by atoms with Crippen LogP contribution in [0.2, 0.25) is 0 Å². The molecule has 0 heterocycles. The summed E-state index contributed by atoms with van der Waals surface area (Å²) in [5.74, 6) is 4.71. The van der Waals surface area contributed by atoms with E-state index < -0.39 is 0 Å². The van der Waals surface area contributed by atoms with E-state index in [0.29, 0.717) is 0 Å². The minimum absolute atomic E-state index is 0. The molecule has 0 bridgehead atoms. The molecule has 192 valence electrons. The van der Waals surface area contributed by atoms with Gasteiger partial charge in [-0.2, -0.15) is 0 Å². The van der Waals surface area contributed by atoms with E-state index in [9.17, 15) is 0 Å². The van der Waals surface area contributed by atoms with Gasteiger partial charge in [-0.1, -0.05) is 41.5 Å². The first-order valence-corrected chi connectivity index (χ1v) is 10.7. The molecule has 0 saturated heterocycles. The van der Waals surface area contributed by atoms with Crippen LogP contribution < -0.4 is 0 Å². The quantitative estimate of drug-likeness (QED) is 0.180. The third-order valence-electron chi connectivity index (χ3n) is 2.97. The molecule has 34 heavy (non-hydrogen) atoms. The molecule has 4 rings (SSSR count). The summed E-state index contributed by atoms with van der Waals surface area (Å²) in [4.78, 5) is 0. The van der Waals surface area contributed by atoms with Crippen LogP contribution in [-0.2, 0) is 0 Å². The Hall–Kier alpha value is 1.61. The summed E-state index contributed by atoms with van der Waals surface area (Å²) in [5.41, 5.74) is -0.0833. The van der Waals surface area contributed by atoms with Crippen molar-refractivity contribution in [3.8, 4) is 11.8 Å². The summed E-state index contributed by atoms with van der Waals surface area (Å²) in [6.45, 7) is 11.7. The number of hydrogen-bond acceptors (Lipinski definition) is 0. The van der Waals surface area contributed by atoms with Crippen LogP contribution >= 0.6 is 0 Å². The van der Waals surface area contributed by atoms with E-state index in [1.807, 2.05) is 170 Å². The van der Waals surface area contributed by atoms with E-state index in [2.05, 4.69) is 11.8 Å². The second-order valence-electron chi connectivity index (χ2n) is 8.60. The molecule has 0 aromatic carbocycles. The van der Waals surface area contributed by atoms with Crippen LogP contribution in [0.5, 0.6) is 0 Å². The maximum atomic E-state index is 6.60. The third-order valence-corrected chi connectivity index (χ3v) is 2.97. The Kier molecular flexibility index (Phi) is 38.7. The molecule has 0 atom stereocenters. The van der Waals surface area contributed by atoms with Gasteiger partial charge in [0.2, 0.25) is 0 Å². The van der Waals surface area contributed by atoms with Gasteiger partial charge in [0.05, 0.1) is 0 Å². The molecule has 0 amide bonds. The summed E-state index contributed by atoms with van der Waals surface area (Å²) in [6.07, 6.45) is 53.2. The smallest absolute Gasteiger partial charge is 0 e. The topological polar surface area (TPSA) is 0 Å². The minimum atomic E-state index is -0.0417. The minimum Gasteiger partial charge on any atom is -0.693 e. The maximum Gasteiger partial charge on any atom is 0 e. The normalized spacial score (nSPS) is 17.8. The van der Waals surface area contributed by atoms with Crippen LogP contribution in [-0.4, -0.2) is 0 Å². The third kappa shape index (κ3) is 46.9. The standard InChI is InChI=1S/2C6H9.4C5H5.2Er/c2*1-5-6(2,3)4;4*1-2-4-5-3-1;;/h2*2-4H3;4*1-5H;;/q2*-1;;;;;;. The van der Waals surface area contributed by atoms with Gasteiger partial charge >= 0.3 is 0 Å². The first-order valence-electron chi connectivity index (χ1n) is 10.7. The van der Waals surface area contributed by atoms with Gasteiger partial charge in [0.25, 0.3) is 0 Å². The summed E-state index contributed by atoms with van der Waals surface area (Å²) >= 11 is 0. The molecule has 0 nitrogen and oxygen atoms in total. The number of hydrogen-bond donors (Lipinski definition) is 0. The van der Waals surface area contributed by atoms with Gasteiger partial charge in [0, 0.05) is 74.6 Å². The Morgan fingerprint density at radius 1 is 0.324 bits per heavy atom. The Balaban J connectivity index is -0.000000157. The van der Waals surface area contributed by atoms with Gasteiger partial charge in [-0.3, -0.25) is 0 Å². The first kappa shape index (κ1) is 42.7. The van der Waals surface area contributed by atoms with E-state index >= 15 is 0 Å². The fourth-order valence-corrected chi connectivity index (χ4v) is 1.28. The van der Waals surface area contributed by atoms with Crippen LogP contribution in [0.3, 0.4) is 0 Å². The van der Waals surface area contributed by atoms with Gasteiger partial charge in [0.15, 0.2) is 0 Å². The molecular formula is C32H38Er2-2. The van der Waals surface area contributed by atoms with Crippen LogP contribution in [0.1, 0.15) is 41.5 Å². The molecule has 0 aromatic rings. The molecule has 0 unspecified atom stereocenters. The Labute approximate surface area is 276 Å². The molecule has 4 aliphatic rings. The van der Waals surface area contributed by atoms with Crippen molar-refractivity contribution in [3.63, 3.8) is 0 Å². The average molecular weight is 757 g/mol. The van der Waals surface area contributed by atoms with Crippen LogP contribution in [0.4, 0.5) is 0 Å². The van der Waals surface area contributed by atoms with Crippen LogP contribution in [0.15, 0.2) is 0 Å². The summed E-state index contributed by atoms with van der Waals surface area (Å²) < 4.78 is 0. The predicted molar refractivity (Wildman–Crippen MR) is 139 cm³/mol. The molecule has 4 fully saturated rings. The SMILES string of the molecule is [C-]#CC(C)(C)C.[C-]#CC(C)(C)C.[CH]1[CH][CH][CH][CH]1.[CH]1[CH][CH][CH][CH]1.[CH]1[CH][CH][CH][CH]1.[CH]1[CH][CH][CH][CH]1.[Er].[Er]. The van der Waals surface area contributed by atoms with Crippen molar-refractivity contribution in [2.45, 2.75) is 41.5 Å². The van der Waals surface area contributed by atoms with Crippen LogP contribution in [0, 0.1) is 239 Å². The fourth-order valence-electron chi connectivity index (χ4n) is 1.28. The Bertz CT molecular complexity index is 343.